The normalized spacial score (nSPS) is 16.1. The molecular formula is C14H22N2. The van der Waals surface area contributed by atoms with E-state index in [2.05, 4.69) is 28.8 Å². The number of hydrogen-bond acceptors (Lipinski definition) is 2. The first kappa shape index (κ1) is 11.6. The number of fused-ring (bicyclic) bond motifs is 1. The molecule has 1 aromatic carbocycles. The summed E-state index contributed by atoms with van der Waals surface area (Å²) in [6, 6.07) is 7.50. The third-order valence-electron chi connectivity index (χ3n) is 3.56. The molecule has 0 spiro atoms. The first-order chi connectivity index (χ1) is 7.85. The molecule has 1 aliphatic rings. The number of nitrogens with one attached hydrogen (secondary N) is 2. The maximum absolute atomic E-state index is 3.40. The van der Waals surface area contributed by atoms with E-state index in [4.69, 9.17) is 0 Å². The van der Waals surface area contributed by atoms with Crippen molar-refractivity contribution < 1.29 is 0 Å². The van der Waals surface area contributed by atoms with Gasteiger partial charge in [0.1, 0.15) is 0 Å². The van der Waals surface area contributed by atoms with E-state index in [0.717, 1.165) is 13.0 Å². The minimum atomic E-state index is 0.485. The van der Waals surface area contributed by atoms with E-state index < -0.39 is 0 Å². The molecule has 0 amide bonds. The van der Waals surface area contributed by atoms with E-state index in [-0.39, 0.29) is 0 Å². The Bertz CT molecular complexity index is 347. The van der Waals surface area contributed by atoms with Gasteiger partial charge in [-0.25, -0.2) is 0 Å². The second-order valence-electron chi connectivity index (χ2n) is 4.62. The highest BCUT2D eigenvalue weighted by molar-refractivity contribution is 5.36. The summed E-state index contributed by atoms with van der Waals surface area (Å²) in [5.41, 5.74) is 4.58. The summed E-state index contributed by atoms with van der Waals surface area (Å²) in [6.45, 7) is 1.06. The average molecular weight is 218 g/mol. The van der Waals surface area contributed by atoms with E-state index >= 15 is 0 Å². The van der Waals surface area contributed by atoms with Gasteiger partial charge < -0.3 is 10.6 Å². The molecule has 1 atom stereocenters. The van der Waals surface area contributed by atoms with Crippen LogP contribution in [0.2, 0.25) is 0 Å². The second kappa shape index (κ2) is 5.46. The average Bonchev–Trinajstić information content (AvgIpc) is 2.77. The fraction of sp³-hybridized carbons (Fsp3) is 0.571. The van der Waals surface area contributed by atoms with Crippen molar-refractivity contribution in [2.24, 2.45) is 0 Å². The standard InChI is InChI=1S/C14H22N2/c1-15-9-8-14(16-2)13-7-6-11-4-3-5-12(11)10-13/h6-7,10,14-16H,3-5,8-9H2,1-2H3. The Morgan fingerprint density at radius 3 is 2.75 bits per heavy atom. The van der Waals surface area contributed by atoms with Crippen LogP contribution in [-0.2, 0) is 12.8 Å². The second-order valence-corrected chi connectivity index (χ2v) is 4.62. The van der Waals surface area contributed by atoms with Gasteiger partial charge in [-0.2, -0.15) is 0 Å². The Morgan fingerprint density at radius 1 is 1.19 bits per heavy atom. The van der Waals surface area contributed by atoms with Crippen LogP contribution in [0.1, 0.15) is 35.6 Å². The van der Waals surface area contributed by atoms with Crippen molar-refractivity contribution >= 4 is 0 Å². The Kier molecular flexibility index (Phi) is 3.97. The molecule has 0 saturated carbocycles. The van der Waals surface area contributed by atoms with Crippen LogP contribution in [0.25, 0.3) is 0 Å². The molecule has 2 N–H and O–H groups in total. The van der Waals surface area contributed by atoms with Gasteiger partial charge in [0.05, 0.1) is 0 Å². The largest absolute Gasteiger partial charge is 0.320 e. The molecule has 1 aromatic rings. The lowest BCUT2D eigenvalue weighted by Crippen LogP contribution is -2.21. The van der Waals surface area contributed by atoms with Crippen LogP contribution in [0.3, 0.4) is 0 Å². The molecule has 0 bridgehead atoms. The fourth-order valence-corrected chi connectivity index (χ4v) is 2.57. The minimum absolute atomic E-state index is 0.485. The summed E-state index contributed by atoms with van der Waals surface area (Å²) in [4.78, 5) is 0. The molecule has 1 aliphatic carbocycles. The molecule has 2 rings (SSSR count). The van der Waals surface area contributed by atoms with Gasteiger partial charge in [-0.05, 0) is 63.0 Å². The summed E-state index contributed by atoms with van der Waals surface area (Å²) in [6.07, 6.45) is 5.02. The highest BCUT2D eigenvalue weighted by atomic mass is 14.9. The van der Waals surface area contributed by atoms with E-state index in [1.807, 2.05) is 14.1 Å². The lowest BCUT2D eigenvalue weighted by molar-refractivity contribution is 0.533. The zero-order valence-corrected chi connectivity index (χ0v) is 10.3. The molecule has 1 unspecified atom stereocenters. The van der Waals surface area contributed by atoms with Crippen molar-refractivity contribution in [3.05, 3.63) is 34.9 Å². The summed E-state index contributed by atoms with van der Waals surface area (Å²) in [5, 5.41) is 6.62. The first-order valence-corrected chi connectivity index (χ1v) is 6.28. The van der Waals surface area contributed by atoms with Crippen LogP contribution in [0.4, 0.5) is 0 Å². The van der Waals surface area contributed by atoms with Gasteiger partial charge >= 0.3 is 0 Å². The Hall–Kier alpha value is -0.860. The number of hydrogen-bond donors (Lipinski definition) is 2. The van der Waals surface area contributed by atoms with E-state index in [1.54, 1.807) is 11.1 Å². The van der Waals surface area contributed by atoms with Gasteiger partial charge in [0.2, 0.25) is 0 Å². The molecule has 0 saturated heterocycles. The van der Waals surface area contributed by atoms with Crippen molar-refractivity contribution in [1.82, 2.24) is 10.6 Å². The van der Waals surface area contributed by atoms with Gasteiger partial charge in [0.15, 0.2) is 0 Å². The van der Waals surface area contributed by atoms with E-state index in [1.165, 1.54) is 24.8 Å². The van der Waals surface area contributed by atoms with Gasteiger partial charge in [-0.3, -0.25) is 0 Å². The van der Waals surface area contributed by atoms with Crippen LogP contribution in [0, 0.1) is 0 Å². The van der Waals surface area contributed by atoms with Crippen molar-refractivity contribution in [3.8, 4) is 0 Å². The molecular weight excluding hydrogens is 196 g/mol. The fourth-order valence-electron chi connectivity index (χ4n) is 2.57. The predicted molar refractivity (Wildman–Crippen MR) is 68.8 cm³/mol. The molecule has 0 radical (unpaired) electrons. The van der Waals surface area contributed by atoms with Crippen molar-refractivity contribution in [1.29, 1.82) is 0 Å². The van der Waals surface area contributed by atoms with Gasteiger partial charge in [0, 0.05) is 6.04 Å². The third kappa shape index (κ3) is 2.45. The van der Waals surface area contributed by atoms with Crippen molar-refractivity contribution in [2.75, 3.05) is 20.6 Å². The number of benzene rings is 1. The maximum Gasteiger partial charge on any atom is 0.0329 e. The van der Waals surface area contributed by atoms with Crippen molar-refractivity contribution in [3.63, 3.8) is 0 Å². The minimum Gasteiger partial charge on any atom is -0.320 e. The number of aryl methyl sites for hydroxylation is 2. The molecule has 0 fully saturated rings. The van der Waals surface area contributed by atoms with E-state index in [9.17, 15) is 0 Å². The Balaban J connectivity index is 2.12. The third-order valence-corrected chi connectivity index (χ3v) is 3.56. The molecule has 0 aromatic heterocycles. The molecule has 0 heterocycles. The summed E-state index contributed by atoms with van der Waals surface area (Å²) in [7, 11) is 4.06. The van der Waals surface area contributed by atoms with Crippen LogP contribution >= 0.6 is 0 Å². The first-order valence-electron chi connectivity index (χ1n) is 6.28. The molecule has 16 heavy (non-hydrogen) atoms. The van der Waals surface area contributed by atoms with Gasteiger partial charge in [-0.1, -0.05) is 18.2 Å². The number of rotatable bonds is 5. The Labute approximate surface area is 98.4 Å². The monoisotopic (exact) mass is 218 g/mol. The SMILES string of the molecule is CNCCC(NC)c1ccc2c(c1)CCC2. The summed E-state index contributed by atoms with van der Waals surface area (Å²) < 4.78 is 0. The smallest absolute Gasteiger partial charge is 0.0329 e. The lowest BCUT2D eigenvalue weighted by Gasteiger charge is -2.17. The van der Waals surface area contributed by atoms with Crippen LogP contribution < -0.4 is 10.6 Å². The predicted octanol–water partition coefficient (Wildman–Crippen LogP) is 2.05. The maximum atomic E-state index is 3.40. The Morgan fingerprint density at radius 2 is 2.00 bits per heavy atom. The zero-order valence-electron chi connectivity index (χ0n) is 10.3. The molecule has 0 aliphatic heterocycles. The van der Waals surface area contributed by atoms with Gasteiger partial charge in [0.25, 0.3) is 0 Å². The summed E-state index contributed by atoms with van der Waals surface area (Å²) >= 11 is 0. The quantitative estimate of drug-likeness (QED) is 0.790. The molecule has 2 heteroatoms. The van der Waals surface area contributed by atoms with Crippen molar-refractivity contribution in [2.45, 2.75) is 31.7 Å². The van der Waals surface area contributed by atoms with Crippen LogP contribution in [0.15, 0.2) is 18.2 Å². The van der Waals surface area contributed by atoms with Crippen LogP contribution in [-0.4, -0.2) is 20.6 Å². The van der Waals surface area contributed by atoms with Crippen LogP contribution in [0.5, 0.6) is 0 Å². The zero-order chi connectivity index (χ0) is 11.4. The molecule has 2 nitrogen and oxygen atoms in total. The van der Waals surface area contributed by atoms with Gasteiger partial charge in [-0.15, -0.1) is 0 Å². The highest BCUT2D eigenvalue weighted by Gasteiger charge is 2.14. The highest BCUT2D eigenvalue weighted by Crippen LogP contribution is 2.26. The molecule has 88 valence electrons. The van der Waals surface area contributed by atoms with E-state index in [0.29, 0.717) is 6.04 Å². The summed E-state index contributed by atoms with van der Waals surface area (Å²) in [5.74, 6) is 0. The lowest BCUT2D eigenvalue weighted by atomic mass is 9.99. The topological polar surface area (TPSA) is 24.1 Å².